The molecular weight excluding hydrogens is 262 g/mol. The lowest BCUT2D eigenvalue weighted by Crippen LogP contribution is -2.44. The topological polar surface area (TPSA) is 96.7 Å². The third-order valence-electron chi connectivity index (χ3n) is 3.87. The number of aromatic amines is 1. The van der Waals surface area contributed by atoms with Gasteiger partial charge in [-0.05, 0) is 18.3 Å². The lowest BCUT2D eigenvalue weighted by molar-refractivity contribution is -0.120. The van der Waals surface area contributed by atoms with Crippen LogP contribution in [-0.2, 0) is 4.79 Å². The molecular formula is C12H21N5OS. The Labute approximate surface area is 117 Å². The Bertz CT molecular complexity index is 436. The molecule has 1 aliphatic rings. The van der Waals surface area contributed by atoms with Gasteiger partial charge in [-0.25, -0.2) is 5.10 Å². The molecule has 3 atom stereocenters. The van der Waals surface area contributed by atoms with Crippen molar-refractivity contribution in [1.29, 1.82) is 0 Å². The molecule has 0 aromatic carbocycles. The molecule has 0 saturated heterocycles. The molecule has 0 unspecified atom stereocenters. The quantitative estimate of drug-likeness (QED) is 0.726. The average molecular weight is 283 g/mol. The summed E-state index contributed by atoms with van der Waals surface area (Å²) in [5, 5.41) is 10.1. The summed E-state index contributed by atoms with van der Waals surface area (Å²) in [6.45, 7) is 4.48. The Morgan fingerprint density at radius 3 is 3.00 bits per heavy atom. The molecule has 1 saturated carbocycles. The van der Waals surface area contributed by atoms with Gasteiger partial charge in [-0.2, -0.15) is 4.98 Å². The number of nitrogen functional groups attached to an aromatic ring is 1. The van der Waals surface area contributed by atoms with Crippen LogP contribution >= 0.6 is 11.8 Å². The first-order valence-corrected chi connectivity index (χ1v) is 7.65. The van der Waals surface area contributed by atoms with Crippen LogP contribution in [0.25, 0.3) is 0 Å². The van der Waals surface area contributed by atoms with Crippen molar-refractivity contribution in [2.75, 3.05) is 11.5 Å². The maximum absolute atomic E-state index is 11.9. The van der Waals surface area contributed by atoms with E-state index in [1.807, 2.05) is 0 Å². The van der Waals surface area contributed by atoms with Crippen molar-refractivity contribution in [2.24, 2.45) is 11.8 Å². The number of carbonyl (C=O) groups is 1. The first-order chi connectivity index (χ1) is 9.06. The number of carbonyl (C=O) groups excluding carboxylic acids is 1. The van der Waals surface area contributed by atoms with Gasteiger partial charge in [0.25, 0.3) is 0 Å². The van der Waals surface area contributed by atoms with Gasteiger partial charge in [-0.3, -0.25) is 4.79 Å². The molecule has 0 spiro atoms. The molecule has 2 rings (SSSR count). The van der Waals surface area contributed by atoms with E-state index in [2.05, 4.69) is 34.3 Å². The lowest BCUT2D eigenvalue weighted by Gasteiger charge is -2.34. The zero-order chi connectivity index (χ0) is 13.8. The summed E-state index contributed by atoms with van der Waals surface area (Å²) in [6.07, 6.45) is 3.54. The van der Waals surface area contributed by atoms with Crippen molar-refractivity contribution >= 4 is 23.6 Å². The monoisotopic (exact) mass is 283 g/mol. The molecule has 0 bridgehead atoms. The molecule has 19 heavy (non-hydrogen) atoms. The van der Waals surface area contributed by atoms with E-state index in [0.29, 0.717) is 28.8 Å². The second-order valence-corrected chi connectivity index (χ2v) is 6.18. The van der Waals surface area contributed by atoms with Crippen LogP contribution in [0.3, 0.4) is 0 Å². The minimum absolute atomic E-state index is 0.0410. The summed E-state index contributed by atoms with van der Waals surface area (Å²) in [6, 6.07) is 0.300. The van der Waals surface area contributed by atoms with Crippen LogP contribution in [0.15, 0.2) is 5.16 Å². The number of hydrogen-bond acceptors (Lipinski definition) is 5. The number of nitrogens with two attached hydrogens (primary N) is 1. The fraction of sp³-hybridized carbons (Fsp3) is 0.750. The molecule has 106 valence electrons. The number of nitrogens with zero attached hydrogens (tertiary/aromatic N) is 2. The highest BCUT2D eigenvalue weighted by molar-refractivity contribution is 7.99. The van der Waals surface area contributed by atoms with E-state index in [9.17, 15) is 4.79 Å². The first-order valence-electron chi connectivity index (χ1n) is 6.66. The normalized spacial score (nSPS) is 27.2. The number of hydrogen-bond donors (Lipinski definition) is 3. The molecule has 0 aliphatic heterocycles. The van der Waals surface area contributed by atoms with Crippen molar-refractivity contribution < 1.29 is 4.79 Å². The van der Waals surface area contributed by atoms with Crippen molar-refractivity contribution in [3.8, 4) is 0 Å². The predicted molar refractivity (Wildman–Crippen MR) is 75.6 cm³/mol. The molecule has 7 heteroatoms. The van der Waals surface area contributed by atoms with Crippen molar-refractivity contribution in [1.82, 2.24) is 20.5 Å². The van der Waals surface area contributed by atoms with E-state index >= 15 is 0 Å². The van der Waals surface area contributed by atoms with E-state index in [1.54, 1.807) is 0 Å². The maximum Gasteiger partial charge on any atom is 0.230 e. The van der Waals surface area contributed by atoms with Gasteiger partial charge in [0.1, 0.15) is 0 Å². The predicted octanol–water partition coefficient (Wildman–Crippen LogP) is 1.42. The van der Waals surface area contributed by atoms with Gasteiger partial charge in [0.2, 0.25) is 17.0 Å². The molecule has 1 heterocycles. The van der Waals surface area contributed by atoms with Crippen LogP contribution in [0, 0.1) is 11.8 Å². The molecule has 1 aliphatic carbocycles. The van der Waals surface area contributed by atoms with Gasteiger partial charge in [-0.15, -0.1) is 5.10 Å². The van der Waals surface area contributed by atoms with Crippen molar-refractivity contribution in [2.45, 2.75) is 44.3 Å². The number of nitrogens with one attached hydrogen (secondary N) is 2. The number of H-pyrrole nitrogens is 1. The fourth-order valence-corrected chi connectivity index (χ4v) is 3.10. The number of aromatic nitrogens is 3. The van der Waals surface area contributed by atoms with Gasteiger partial charge >= 0.3 is 0 Å². The SMILES string of the molecule is C[C@@H]1[C@H](C)CCC[C@H]1NC(=O)CSc1n[nH]c(N)n1. The van der Waals surface area contributed by atoms with E-state index in [4.69, 9.17) is 5.73 Å². The standard InChI is InChI=1S/C12H21N5OS/c1-7-4-3-5-9(8(7)2)14-10(18)6-19-12-15-11(13)16-17-12/h7-9H,3-6H2,1-2H3,(H,14,18)(H3,13,15,16,17)/t7-,8-,9-/m1/s1. The Kier molecular flexibility index (Phi) is 4.68. The van der Waals surface area contributed by atoms with E-state index in [1.165, 1.54) is 24.6 Å². The molecule has 0 radical (unpaired) electrons. The van der Waals surface area contributed by atoms with Gasteiger partial charge in [-0.1, -0.05) is 38.5 Å². The number of anilines is 1. The Balaban J connectivity index is 1.77. The second kappa shape index (κ2) is 6.27. The minimum atomic E-state index is 0.0410. The summed E-state index contributed by atoms with van der Waals surface area (Å²) < 4.78 is 0. The van der Waals surface area contributed by atoms with Crippen LogP contribution in [-0.4, -0.2) is 32.9 Å². The average Bonchev–Trinajstić information content (AvgIpc) is 2.78. The lowest BCUT2D eigenvalue weighted by atomic mass is 9.78. The molecule has 6 nitrogen and oxygen atoms in total. The summed E-state index contributed by atoms with van der Waals surface area (Å²) in [7, 11) is 0. The number of amides is 1. The highest BCUT2D eigenvalue weighted by atomic mass is 32.2. The highest BCUT2D eigenvalue weighted by Crippen LogP contribution is 2.29. The van der Waals surface area contributed by atoms with Gasteiger partial charge in [0.05, 0.1) is 5.75 Å². The van der Waals surface area contributed by atoms with E-state index < -0.39 is 0 Å². The van der Waals surface area contributed by atoms with Crippen LogP contribution in [0.2, 0.25) is 0 Å². The fourth-order valence-electron chi connectivity index (χ4n) is 2.49. The third kappa shape index (κ3) is 3.86. The third-order valence-corrected chi connectivity index (χ3v) is 4.72. The molecule has 4 N–H and O–H groups in total. The summed E-state index contributed by atoms with van der Waals surface area (Å²) in [5.74, 6) is 1.87. The first kappa shape index (κ1) is 14.2. The Hall–Kier alpha value is -1.24. The van der Waals surface area contributed by atoms with Crippen LogP contribution in [0.1, 0.15) is 33.1 Å². The second-order valence-electron chi connectivity index (χ2n) is 5.23. The van der Waals surface area contributed by atoms with Crippen molar-refractivity contribution in [3.63, 3.8) is 0 Å². The van der Waals surface area contributed by atoms with Crippen LogP contribution in [0.4, 0.5) is 5.95 Å². The highest BCUT2D eigenvalue weighted by Gasteiger charge is 2.28. The zero-order valence-electron chi connectivity index (χ0n) is 11.3. The zero-order valence-corrected chi connectivity index (χ0v) is 12.2. The van der Waals surface area contributed by atoms with Crippen LogP contribution < -0.4 is 11.1 Å². The largest absolute Gasteiger partial charge is 0.368 e. The Morgan fingerprint density at radius 1 is 1.53 bits per heavy atom. The summed E-state index contributed by atoms with van der Waals surface area (Å²) in [4.78, 5) is 15.9. The minimum Gasteiger partial charge on any atom is -0.368 e. The number of rotatable bonds is 4. The Morgan fingerprint density at radius 2 is 2.32 bits per heavy atom. The summed E-state index contributed by atoms with van der Waals surface area (Å²) >= 11 is 1.29. The molecule has 1 aromatic heterocycles. The van der Waals surface area contributed by atoms with Crippen molar-refractivity contribution in [3.05, 3.63) is 0 Å². The molecule has 1 fully saturated rings. The maximum atomic E-state index is 11.9. The van der Waals surface area contributed by atoms with E-state index in [-0.39, 0.29) is 11.9 Å². The van der Waals surface area contributed by atoms with Gasteiger partial charge in [0.15, 0.2) is 0 Å². The van der Waals surface area contributed by atoms with Gasteiger partial charge < -0.3 is 11.1 Å². The van der Waals surface area contributed by atoms with Crippen LogP contribution in [0.5, 0.6) is 0 Å². The van der Waals surface area contributed by atoms with Gasteiger partial charge in [0, 0.05) is 6.04 Å². The smallest absolute Gasteiger partial charge is 0.230 e. The summed E-state index contributed by atoms with van der Waals surface area (Å²) in [5.41, 5.74) is 5.42. The molecule has 1 aromatic rings. The molecule has 1 amide bonds. The van der Waals surface area contributed by atoms with E-state index in [0.717, 1.165) is 6.42 Å². The number of thioether (sulfide) groups is 1.